The fourth-order valence-corrected chi connectivity index (χ4v) is 14.8. The van der Waals surface area contributed by atoms with E-state index in [-0.39, 0.29) is 0 Å². The van der Waals surface area contributed by atoms with Gasteiger partial charge in [0.15, 0.2) is 69.8 Å². The van der Waals surface area contributed by atoms with Crippen LogP contribution in [0.3, 0.4) is 0 Å². The Labute approximate surface area is 523 Å². The van der Waals surface area contributed by atoms with E-state index in [2.05, 4.69) is 36.4 Å². The van der Waals surface area contributed by atoms with E-state index < -0.39 is 158 Å². The third-order valence-corrected chi connectivity index (χ3v) is 18.9. The molecule has 0 atom stereocenters. The van der Waals surface area contributed by atoms with Gasteiger partial charge in [0.2, 0.25) is 0 Å². The molecule has 10 aromatic carbocycles. The molecule has 0 N–H and O–H groups in total. The van der Waals surface area contributed by atoms with E-state index in [9.17, 15) is 52.7 Å². The van der Waals surface area contributed by atoms with Gasteiger partial charge in [-0.05, 0) is 0 Å². The Morgan fingerprint density at radius 1 is 0.202 bits per heavy atom. The molecule has 0 unspecified atom stereocenters. The normalized spacial score (nSPS) is 11.3. The molecule has 6 nitrogen and oxygen atoms in total. The Balaban J connectivity index is 0.000000222. The first-order valence-corrected chi connectivity index (χ1v) is 29.8. The van der Waals surface area contributed by atoms with Gasteiger partial charge in [-0.3, -0.25) is 0 Å². The zero-order chi connectivity index (χ0) is 67.7. The van der Waals surface area contributed by atoms with Crippen molar-refractivity contribution in [1.82, 2.24) is 0 Å². The van der Waals surface area contributed by atoms with E-state index in [0.717, 1.165) is 47.9 Å². The van der Waals surface area contributed by atoms with Crippen molar-refractivity contribution in [2.24, 2.45) is 0 Å². The number of halogens is 20. The molecule has 0 fully saturated rings. The Bertz CT molecular complexity index is 3770. The third-order valence-electron chi connectivity index (χ3n) is 14.0. The second-order valence-electron chi connectivity index (χ2n) is 19.5. The van der Waals surface area contributed by atoms with Crippen molar-refractivity contribution in [3.63, 3.8) is 0 Å². The summed E-state index contributed by atoms with van der Waals surface area (Å²) in [7, 11) is 0. The standard InChI is InChI=1S/C42H39O6Se.C24BF20/c1-4-16-34(17-5-1)43-28-31-46-37-22-10-13-25-40(37)49(41-26-14-11-23-38(41)47-32-29-44-35-18-6-2-7-19-35)42-27-15-12-24-39(42)48-33-30-45-36-20-8-3-9-21-36;26-5-1(6(27)14(35)21(42)13(5)34)25(2-7(28)15(36)22(43)16(37)8(2)29,3-9(30)17(38)23(44)18(39)10(3)31)4-11(32)19(40)24(45)20(41)12(4)33/h1-27H,28-33H2;/q+1;-1. The molecule has 94 heavy (non-hydrogen) atoms. The first-order valence-electron chi connectivity index (χ1n) is 27.2. The molecule has 0 saturated carbocycles. The van der Waals surface area contributed by atoms with Crippen LogP contribution >= 0.6 is 0 Å². The van der Waals surface area contributed by atoms with Gasteiger partial charge in [-0.2, -0.15) is 0 Å². The molecule has 488 valence electrons. The molecule has 0 aliphatic heterocycles. The minimum atomic E-state index is -7.22. The molecular formula is C66H39BF20O6Se. The summed E-state index contributed by atoms with van der Waals surface area (Å²) < 4.78 is 334. The van der Waals surface area contributed by atoms with Crippen LogP contribution in [0.1, 0.15) is 0 Å². The monoisotopic (exact) mass is 1400 g/mol. The summed E-state index contributed by atoms with van der Waals surface area (Å²) in [6.07, 6.45) is -7.22. The van der Waals surface area contributed by atoms with Crippen LogP contribution in [-0.4, -0.2) is 59.7 Å². The van der Waals surface area contributed by atoms with Crippen LogP contribution in [0.25, 0.3) is 0 Å². The Morgan fingerprint density at radius 2 is 0.372 bits per heavy atom. The van der Waals surface area contributed by atoms with Crippen molar-refractivity contribution in [3.8, 4) is 34.5 Å². The van der Waals surface area contributed by atoms with Crippen LogP contribution in [0, 0.1) is 116 Å². The van der Waals surface area contributed by atoms with E-state index in [1.54, 1.807) is 0 Å². The molecule has 10 rings (SSSR count). The number of hydrogen-bond donors (Lipinski definition) is 0. The van der Waals surface area contributed by atoms with Gasteiger partial charge in [0.1, 0.15) is 52.7 Å². The molecule has 0 radical (unpaired) electrons. The van der Waals surface area contributed by atoms with Gasteiger partial charge < -0.3 is 0 Å². The van der Waals surface area contributed by atoms with E-state index in [0.29, 0.717) is 39.6 Å². The molecule has 10 aromatic rings. The third kappa shape index (κ3) is 13.5. The van der Waals surface area contributed by atoms with Gasteiger partial charge in [-0.15, -0.1) is 21.9 Å². The minimum absolute atomic E-state index is 0.398. The first kappa shape index (κ1) is 68.5. The summed E-state index contributed by atoms with van der Waals surface area (Å²) in [6, 6.07) is 54.1. The second kappa shape index (κ2) is 29.9. The molecule has 0 aliphatic carbocycles. The van der Waals surface area contributed by atoms with Crippen molar-refractivity contribution in [1.29, 1.82) is 0 Å². The zero-order valence-corrected chi connectivity index (χ0v) is 49.0. The quantitative estimate of drug-likeness (QED) is 0.0222. The van der Waals surface area contributed by atoms with Crippen molar-refractivity contribution in [2.75, 3.05) is 39.6 Å². The fourth-order valence-electron chi connectivity index (χ4n) is 9.93. The molecule has 0 bridgehead atoms. The Hall–Kier alpha value is -9.82. The van der Waals surface area contributed by atoms with Crippen LogP contribution < -0.4 is 63.7 Å². The molecule has 0 amide bonds. The molecule has 0 aromatic heterocycles. The maximum atomic E-state index is 15.4. The summed E-state index contributed by atoms with van der Waals surface area (Å²) >= 11 is -2.06. The number of para-hydroxylation sites is 6. The van der Waals surface area contributed by atoms with Crippen molar-refractivity contribution in [3.05, 3.63) is 280 Å². The summed E-state index contributed by atoms with van der Waals surface area (Å²) in [5, 5.41) is 0. The molecule has 0 saturated heterocycles. The number of ether oxygens (including phenoxy) is 6. The maximum absolute atomic E-state index is 15.4. The summed E-state index contributed by atoms with van der Waals surface area (Å²) in [5.74, 6) is -66.5. The van der Waals surface area contributed by atoms with Crippen molar-refractivity contribution >= 4 is 55.3 Å². The summed E-state index contributed by atoms with van der Waals surface area (Å²) in [6.45, 7) is 2.46. The van der Waals surface area contributed by atoms with E-state index in [1.165, 1.54) is 0 Å². The van der Waals surface area contributed by atoms with Crippen LogP contribution in [0.15, 0.2) is 164 Å². The van der Waals surface area contributed by atoms with Gasteiger partial charge in [-0.25, -0.2) is 87.8 Å². The van der Waals surface area contributed by atoms with Gasteiger partial charge in [0.25, 0.3) is 0 Å². The number of benzene rings is 10. The van der Waals surface area contributed by atoms with Gasteiger partial charge >= 0.3 is 294 Å². The summed E-state index contributed by atoms with van der Waals surface area (Å²) in [4.78, 5) is 0. The average molecular weight is 1400 g/mol. The number of rotatable bonds is 22. The molecule has 0 aliphatic rings. The SMILES string of the molecule is Fc1c(F)c(F)c([B-](c2c(F)c(F)c(F)c(F)c2F)(c2c(F)c(F)c(F)c(F)c2F)c2c(F)c(F)c(F)c(F)c2F)c(F)c1F.c1ccc(OCCOc2ccccc2[Se+](c2ccccc2OCCOc2ccccc2)c2ccccc2OCCOc2ccccc2)cc1. The predicted octanol–water partition coefficient (Wildman–Crippen LogP) is 12.4. The predicted molar refractivity (Wildman–Crippen MR) is 305 cm³/mol. The molecule has 0 heterocycles. The van der Waals surface area contributed by atoms with Gasteiger partial charge in [-0.1, -0.05) is 0 Å². The van der Waals surface area contributed by atoms with E-state index in [1.807, 2.05) is 127 Å². The van der Waals surface area contributed by atoms with Gasteiger partial charge in [0, 0.05) is 0 Å². The fraction of sp³-hybridized carbons (Fsp3) is 0.0909. The van der Waals surface area contributed by atoms with Crippen molar-refractivity contribution < 1.29 is 116 Å². The van der Waals surface area contributed by atoms with Crippen LogP contribution in [0.4, 0.5) is 87.8 Å². The van der Waals surface area contributed by atoms with Crippen LogP contribution in [0.2, 0.25) is 0 Å². The zero-order valence-electron chi connectivity index (χ0n) is 47.3. The molecule has 28 heteroatoms. The van der Waals surface area contributed by atoms with Gasteiger partial charge in [0.05, 0.1) is 0 Å². The van der Waals surface area contributed by atoms with Crippen LogP contribution in [-0.2, 0) is 0 Å². The molecular weight excluding hydrogens is 1360 g/mol. The average Bonchev–Trinajstić information content (AvgIpc) is 0.682. The van der Waals surface area contributed by atoms with E-state index in [4.69, 9.17) is 28.4 Å². The Morgan fingerprint density at radius 3 is 0.585 bits per heavy atom. The van der Waals surface area contributed by atoms with E-state index >= 15 is 35.1 Å². The summed E-state index contributed by atoms with van der Waals surface area (Å²) in [5.41, 5.74) is -14.3. The van der Waals surface area contributed by atoms with Crippen molar-refractivity contribution in [2.45, 2.75) is 0 Å². The molecule has 0 spiro atoms. The number of hydrogen-bond acceptors (Lipinski definition) is 6. The second-order valence-corrected chi connectivity index (χ2v) is 23.5. The topological polar surface area (TPSA) is 55.4 Å². The van der Waals surface area contributed by atoms with Crippen LogP contribution in [0.5, 0.6) is 34.5 Å². The Kier molecular flexibility index (Phi) is 21.8. The first-order chi connectivity index (χ1) is 45.1.